The fraction of sp³-hybridized carbons (Fsp3) is 0.185. The van der Waals surface area contributed by atoms with Crippen molar-refractivity contribution in [3.63, 3.8) is 0 Å². The lowest BCUT2D eigenvalue weighted by atomic mass is 10.0. The van der Waals surface area contributed by atoms with Gasteiger partial charge in [-0.05, 0) is 43.3 Å². The summed E-state index contributed by atoms with van der Waals surface area (Å²) in [6, 6.07) is 24.5. The summed E-state index contributed by atoms with van der Waals surface area (Å²) in [6.45, 7) is 3.89. The Morgan fingerprint density at radius 3 is 2.36 bits per heavy atom. The van der Waals surface area contributed by atoms with Gasteiger partial charge in [0.05, 0.1) is 11.6 Å². The van der Waals surface area contributed by atoms with E-state index < -0.39 is 0 Å². The first-order chi connectivity index (χ1) is 17.0. The van der Waals surface area contributed by atoms with Crippen LogP contribution in [0.4, 0.5) is 16.3 Å². The minimum Gasteiger partial charge on any atom is -0.351 e. The summed E-state index contributed by atoms with van der Waals surface area (Å²) >= 11 is 5.94. The van der Waals surface area contributed by atoms with Crippen LogP contribution in [0.1, 0.15) is 12.5 Å². The van der Waals surface area contributed by atoms with Gasteiger partial charge >= 0.3 is 6.03 Å². The molecule has 4 aromatic rings. The largest absolute Gasteiger partial charge is 0.351 e. The van der Waals surface area contributed by atoms with E-state index in [9.17, 15) is 4.79 Å². The number of benzene rings is 3. The molecule has 1 atom stereocenters. The van der Waals surface area contributed by atoms with Crippen LogP contribution in [0.15, 0.2) is 72.8 Å². The zero-order chi connectivity index (χ0) is 24.4. The first-order valence-corrected chi connectivity index (χ1v) is 11.8. The van der Waals surface area contributed by atoms with E-state index in [1.165, 1.54) is 0 Å². The number of amides is 2. The molecule has 2 heterocycles. The van der Waals surface area contributed by atoms with Crippen LogP contribution in [-0.2, 0) is 0 Å². The molecular weight excluding hydrogens is 495 g/mol. The van der Waals surface area contributed by atoms with Crippen LogP contribution in [0.2, 0.25) is 5.02 Å². The van der Waals surface area contributed by atoms with E-state index in [0.717, 1.165) is 27.8 Å². The summed E-state index contributed by atoms with van der Waals surface area (Å²) in [6.07, 6.45) is 0. The van der Waals surface area contributed by atoms with Gasteiger partial charge in [0.15, 0.2) is 5.82 Å². The molecule has 3 aromatic carbocycles. The van der Waals surface area contributed by atoms with Crippen molar-refractivity contribution in [2.45, 2.75) is 13.0 Å². The van der Waals surface area contributed by atoms with Crippen molar-refractivity contribution in [1.29, 1.82) is 5.26 Å². The third-order valence-electron chi connectivity index (χ3n) is 6.24. The SMILES string of the molecule is C[C@H]1CN(c2nnc(-c3ccc(C#N)cc3)c3ccccc23)CCN1C(=O)Nc1ccc(Cl)cc1.Cl. The third kappa shape index (κ3) is 5.06. The van der Waals surface area contributed by atoms with Crippen LogP contribution >= 0.6 is 24.0 Å². The Morgan fingerprint density at radius 1 is 1.00 bits per heavy atom. The maximum absolute atomic E-state index is 12.9. The van der Waals surface area contributed by atoms with Gasteiger partial charge in [-0.3, -0.25) is 0 Å². The maximum Gasteiger partial charge on any atom is 0.322 e. The number of hydrogen-bond acceptors (Lipinski definition) is 5. The predicted octanol–water partition coefficient (Wildman–Crippen LogP) is 5.99. The Morgan fingerprint density at radius 2 is 1.69 bits per heavy atom. The van der Waals surface area contributed by atoms with E-state index in [4.69, 9.17) is 16.9 Å². The molecule has 9 heteroatoms. The topological polar surface area (TPSA) is 85.2 Å². The number of nitrogens with zero attached hydrogens (tertiary/aromatic N) is 5. The summed E-state index contributed by atoms with van der Waals surface area (Å²) in [5.41, 5.74) is 3.01. The lowest BCUT2D eigenvalue weighted by Gasteiger charge is -2.40. The molecule has 2 amide bonds. The van der Waals surface area contributed by atoms with Gasteiger partial charge in [-0.1, -0.05) is 48.0 Å². The summed E-state index contributed by atoms with van der Waals surface area (Å²) in [7, 11) is 0. The van der Waals surface area contributed by atoms with Gasteiger partial charge in [-0.15, -0.1) is 22.6 Å². The van der Waals surface area contributed by atoms with E-state index in [2.05, 4.69) is 32.5 Å². The minimum atomic E-state index is -0.133. The van der Waals surface area contributed by atoms with Crippen LogP contribution in [0, 0.1) is 11.3 Å². The van der Waals surface area contributed by atoms with Crippen LogP contribution in [0.3, 0.4) is 0 Å². The fourth-order valence-corrected chi connectivity index (χ4v) is 4.55. The molecule has 1 aliphatic heterocycles. The Balaban J connectivity index is 0.00000304. The number of rotatable bonds is 3. The first kappa shape index (κ1) is 25.2. The second-order valence-corrected chi connectivity index (χ2v) is 8.97. The van der Waals surface area contributed by atoms with Crippen molar-refractivity contribution >= 4 is 52.3 Å². The van der Waals surface area contributed by atoms with Crippen molar-refractivity contribution < 1.29 is 4.79 Å². The molecule has 0 bridgehead atoms. The van der Waals surface area contributed by atoms with Crippen LogP contribution in [0.5, 0.6) is 0 Å². The van der Waals surface area contributed by atoms with Crippen molar-refractivity contribution in [1.82, 2.24) is 15.1 Å². The summed E-state index contributed by atoms with van der Waals surface area (Å²) in [5, 5.41) is 23.9. The molecule has 7 nitrogen and oxygen atoms in total. The zero-order valence-corrected chi connectivity index (χ0v) is 21.1. The van der Waals surface area contributed by atoms with Crippen molar-refractivity contribution in [2.24, 2.45) is 0 Å². The number of halogens is 2. The lowest BCUT2D eigenvalue weighted by Crippen LogP contribution is -2.55. The molecule has 0 radical (unpaired) electrons. The number of fused-ring (bicyclic) bond motifs is 1. The number of aromatic nitrogens is 2. The first-order valence-electron chi connectivity index (χ1n) is 11.4. The molecular formula is C27H24Cl2N6O. The van der Waals surface area contributed by atoms with Crippen molar-refractivity contribution in [3.8, 4) is 17.3 Å². The Labute approximate surface area is 220 Å². The average Bonchev–Trinajstić information content (AvgIpc) is 2.89. The summed E-state index contributed by atoms with van der Waals surface area (Å²) < 4.78 is 0. The normalized spacial score (nSPS) is 15.2. The number of carbonyl (C=O) groups is 1. The van der Waals surface area contributed by atoms with E-state index in [1.54, 1.807) is 36.4 Å². The van der Waals surface area contributed by atoms with Gasteiger partial charge in [0.2, 0.25) is 0 Å². The monoisotopic (exact) mass is 518 g/mol. The van der Waals surface area contributed by atoms with Gasteiger partial charge in [0, 0.05) is 52.7 Å². The number of urea groups is 1. The molecule has 1 fully saturated rings. The number of nitriles is 1. The van der Waals surface area contributed by atoms with E-state index in [1.807, 2.05) is 42.2 Å². The van der Waals surface area contributed by atoms with Crippen molar-refractivity contribution in [2.75, 3.05) is 29.9 Å². The lowest BCUT2D eigenvalue weighted by molar-refractivity contribution is 0.184. The molecule has 1 saturated heterocycles. The molecule has 36 heavy (non-hydrogen) atoms. The molecule has 5 rings (SSSR count). The molecule has 0 spiro atoms. The smallest absolute Gasteiger partial charge is 0.322 e. The highest BCUT2D eigenvalue weighted by Crippen LogP contribution is 2.32. The third-order valence-corrected chi connectivity index (χ3v) is 6.49. The van der Waals surface area contributed by atoms with Crippen LogP contribution in [0.25, 0.3) is 22.0 Å². The zero-order valence-electron chi connectivity index (χ0n) is 19.6. The highest BCUT2D eigenvalue weighted by atomic mass is 35.5. The molecule has 1 aliphatic rings. The Hall–Kier alpha value is -3.86. The van der Waals surface area contributed by atoms with Gasteiger partial charge in [-0.25, -0.2) is 4.79 Å². The molecule has 0 aliphatic carbocycles. The number of carbonyl (C=O) groups excluding carboxylic acids is 1. The Bertz CT molecular complexity index is 1420. The Kier molecular flexibility index (Phi) is 7.58. The molecule has 0 unspecified atom stereocenters. The standard InChI is InChI=1S/C27H23ClN6O.ClH/c1-18-17-33(14-15-34(18)27(35)30-22-12-10-21(28)11-13-22)26-24-5-3-2-4-23(24)25(31-32-26)20-8-6-19(16-29)7-9-20;/h2-13,18H,14-15,17H2,1H3,(H,30,35);1H/t18-;/m0./s1. The van der Waals surface area contributed by atoms with E-state index >= 15 is 0 Å². The van der Waals surface area contributed by atoms with Gasteiger partial charge in [-0.2, -0.15) is 5.26 Å². The molecule has 182 valence electrons. The number of anilines is 2. The summed E-state index contributed by atoms with van der Waals surface area (Å²) in [4.78, 5) is 16.9. The van der Waals surface area contributed by atoms with Crippen molar-refractivity contribution in [3.05, 3.63) is 83.4 Å². The van der Waals surface area contributed by atoms with Gasteiger partial charge < -0.3 is 15.1 Å². The predicted molar refractivity (Wildman–Crippen MR) is 146 cm³/mol. The maximum atomic E-state index is 12.9. The van der Waals surface area contributed by atoms with Gasteiger partial charge in [0.25, 0.3) is 0 Å². The molecule has 0 saturated carbocycles. The highest BCUT2D eigenvalue weighted by molar-refractivity contribution is 6.30. The average molecular weight is 519 g/mol. The molecule has 1 aromatic heterocycles. The minimum absolute atomic E-state index is 0. The fourth-order valence-electron chi connectivity index (χ4n) is 4.42. The highest BCUT2D eigenvalue weighted by Gasteiger charge is 2.29. The number of hydrogen-bond donors (Lipinski definition) is 1. The quantitative estimate of drug-likeness (QED) is 0.360. The van der Waals surface area contributed by atoms with E-state index in [0.29, 0.717) is 35.9 Å². The number of piperazine rings is 1. The molecule has 1 N–H and O–H groups in total. The second kappa shape index (κ2) is 10.8. The van der Waals surface area contributed by atoms with Gasteiger partial charge in [0.1, 0.15) is 5.69 Å². The second-order valence-electron chi connectivity index (χ2n) is 8.53. The number of nitrogens with one attached hydrogen (secondary N) is 1. The van der Waals surface area contributed by atoms with Crippen LogP contribution in [-0.4, -0.2) is 46.8 Å². The van der Waals surface area contributed by atoms with Crippen LogP contribution < -0.4 is 10.2 Å². The van der Waals surface area contributed by atoms with E-state index in [-0.39, 0.29) is 24.5 Å². The summed E-state index contributed by atoms with van der Waals surface area (Å²) in [5.74, 6) is 0.808.